The number of hydrogen-bond acceptors (Lipinski definition) is 2. The Hall–Kier alpha value is -0.860. The van der Waals surface area contributed by atoms with Gasteiger partial charge in [-0.05, 0) is 30.0 Å². The maximum Gasteiger partial charge on any atom is 0.0744 e. The lowest BCUT2D eigenvalue weighted by Crippen LogP contribution is -2.31. The van der Waals surface area contributed by atoms with Gasteiger partial charge < -0.3 is 10.5 Å². The van der Waals surface area contributed by atoms with E-state index in [2.05, 4.69) is 25.1 Å². The van der Waals surface area contributed by atoms with E-state index in [-0.39, 0.29) is 12.1 Å². The summed E-state index contributed by atoms with van der Waals surface area (Å²) in [6, 6.07) is 6.55. The summed E-state index contributed by atoms with van der Waals surface area (Å²) in [6.45, 7) is 4.90. The maximum absolute atomic E-state index is 6.09. The predicted octanol–water partition coefficient (Wildman–Crippen LogP) is 2.17. The Morgan fingerprint density at radius 1 is 1.50 bits per heavy atom. The first-order chi connectivity index (χ1) is 6.72. The lowest BCUT2D eigenvalue weighted by molar-refractivity contribution is 0.0213. The summed E-state index contributed by atoms with van der Waals surface area (Å²) in [5.41, 5.74) is 9.95. The van der Waals surface area contributed by atoms with Gasteiger partial charge in [0, 0.05) is 0 Å². The summed E-state index contributed by atoms with van der Waals surface area (Å²) in [7, 11) is 0. The Bertz CT molecular complexity index is 335. The van der Waals surface area contributed by atoms with Gasteiger partial charge in [-0.1, -0.05) is 25.1 Å². The molecule has 2 N–H and O–H groups in total. The fraction of sp³-hybridized carbons (Fsp3) is 0.500. The smallest absolute Gasteiger partial charge is 0.0744 e. The second kappa shape index (κ2) is 3.71. The molecule has 0 aromatic heterocycles. The van der Waals surface area contributed by atoms with Crippen LogP contribution in [0.3, 0.4) is 0 Å². The highest BCUT2D eigenvalue weighted by atomic mass is 16.5. The highest BCUT2D eigenvalue weighted by Crippen LogP contribution is 2.28. The SMILES string of the molecule is CCc1ccc2c(c1)C(N)[C@H](C)OC2. The Balaban J connectivity index is 2.41. The molecule has 2 rings (SSSR count). The van der Waals surface area contributed by atoms with Gasteiger partial charge in [0.15, 0.2) is 0 Å². The van der Waals surface area contributed by atoms with E-state index in [1.165, 1.54) is 16.7 Å². The summed E-state index contributed by atoms with van der Waals surface area (Å²) in [6.07, 6.45) is 1.20. The zero-order valence-corrected chi connectivity index (χ0v) is 8.79. The second-order valence-electron chi connectivity index (χ2n) is 3.93. The molecular weight excluding hydrogens is 174 g/mol. The van der Waals surface area contributed by atoms with Crippen LogP contribution in [0, 0.1) is 0 Å². The molecule has 76 valence electrons. The van der Waals surface area contributed by atoms with Crippen LogP contribution < -0.4 is 5.73 Å². The van der Waals surface area contributed by atoms with Gasteiger partial charge in [0.25, 0.3) is 0 Å². The van der Waals surface area contributed by atoms with Crippen LogP contribution in [0.2, 0.25) is 0 Å². The third-order valence-corrected chi connectivity index (χ3v) is 2.99. The van der Waals surface area contributed by atoms with Crippen molar-refractivity contribution in [2.45, 2.75) is 39.0 Å². The molecule has 0 radical (unpaired) electrons. The number of rotatable bonds is 1. The molecule has 2 heteroatoms. The first kappa shape index (κ1) is 9.69. The fourth-order valence-electron chi connectivity index (χ4n) is 1.88. The molecular formula is C12H17NO. The van der Waals surface area contributed by atoms with Gasteiger partial charge in [-0.25, -0.2) is 0 Å². The molecule has 1 aliphatic heterocycles. The monoisotopic (exact) mass is 191 g/mol. The first-order valence-electron chi connectivity index (χ1n) is 5.21. The number of fused-ring (bicyclic) bond motifs is 1. The van der Waals surface area contributed by atoms with Gasteiger partial charge in [-0.2, -0.15) is 0 Å². The molecule has 0 aliphatic carbocycles. The maximum atomic E-state index is 6.09. The number of ether oxygens (including phenoxy) is 1. The van der Waals surface area contributed by atoms with E-state index in [0.29, 0.717) is 6.61 Å². The summed E-state index contributed by atoms with van der Waals surface area (Å²) in [5.74, 6) is 0. The van der Waals surface area contributed by atoms with Crippen molar-refractivity contribution in [1.82, 2.24) is 0 Å². The standard InChI is InChI=1S/C12H17NO/c1-3-9-4-5-10-7-14-8(2)12(13)11(10)6-9/h4-6,8,12H,3,7,13H2,1-2H3/t8-,12?/m0/s1. The third kappa shape index (κ3) is 1.56. The normalized spacial score (nSPS) is 25.9. The number of hydrogen-bond donors (Lipinski definition) is 1. The van der Waals surface area contributed by atoms with E-state index < -0.39 is 0 Å². The molecule has 2 nitrogen and oxygen atoms in total. The van der Waals surface area contributed by atoms with Gasteiger partial charge in [0.2, 0.25) is 0 Å². The Labute approximate surface area is 85.1 Å². The zero-order chi connectivity index (χ0) is 10.1. The second-order valence-corrected chi connectivity index (χ2v) is 3.93. The molecule has 0 amide bonds. The molecule has 1 aromatic carbocycles. The van der Waals surface area contributed by atoms with Gasteiger partial charge >= 0.3 is 0 Å². The van der Waals surface area contributed by atoms with Gasteiger partial charge in [-0.3, -0.25) is 0 Å². The summed E-state index contributed by atoms with van der Waals surface area (Å²) in [4.78, 5) is 0. The molecule has 2 atom stereocenters. The largest absolute Gasteiger partial charge is 0.372 e. The van der Waals surface area contributed by atoms with Crippen molar-refractivity contribution >= 4 is 0 Å². The van der Waals surface area contributed by atoms with Gasteiger partial charge in [0.1, 0.15) is 0 Å². The minimum Gasteiger partial charge on any atom is -0.372 e. The van der Waals surface area contributed by atoms with Gasteiger partial charge in [-0.15, -0.1) is 0 Å². The van der Waals surface area contributed by atoms with E-state index in [4.69, 9.17) is 10.5 Å². The minimum atomic E-state index is 0.0326. The van der Waals surface area contributed by atoms with E-state index in [1.807, 2.05) is 6.92 Å². The Kier molecular flexibility index (Phi) is 2.57. The molecule has 0 saturated carbocycles. The first-order valence-corrected chi connectivity index (χ1v) is 5.21. The molecule has 0 saturated heterocycles. The Morgan fingerprint density at radius 2 is 2.29 bits per heavy atom. The van der Waals surface area contributed by atoms with Crippen molar-refractivity contribution in [2.75, 3.05) is 0 Å². The number of nitrogens with two attached hydrogens (primary N) is 1. The van der Waals surface area contributed by atoms with Crippen molar-refractivity contribution in [3.8, 4) is 0 Å². The molecule has 1 unspecified atom stereocenters. The van der Waals surface area contributed by atoms with Crippen LogP contribution in [-0.4, -0.2) is 6.10 Å². The molecule has 0 bridgehead atoms. The molecule has 14 heavy (non-hydrogen) atoms. The lowest BCUT2D eigenvalue weighted by atomic mass is 9.93. The van der Waals surface area contributed by atoms with Crippen molar-refractivity contribution in [2.24, 2.45) is 5.73 Å². The highest BCUT2D eigenvalue weighted by Gasteiger charge is 2.23. The van der Waals surface area contributed by atoms with Crippen molar-refractivity contribution < 1.29 is 4.74 Å². The average Bonchev–Trinajstić information content (AvgIpc) is 2.23. The predicted molar refractivity (Wildman–Crippen MR) is 57.0 cm³/mol. The molecule has 1 heterocycles. The van der Waals surface area contributed by atoms with E-state index >= 15 is 0 Å². The van der Waals surface area contributed by atoms with E-state index in [1.54, 1.807) is 0 Å². The van der Waals surface area contributed by atoms with Crippen LogP contribution >= 0.6 is 0 Å². The zero-order valence-electron chi connectivity index (χ0n) is 8.79. The summed E-state index contributed by atoms with van der Waals surface area (Å²) in [5, 5.41) is 0. The van der Waals surface area contributed by atoms with E-state index in [9.17, 15) is 0 Å². The van der Waals surface area contributed by atoms with Crippen LogP contribution in [-0.2, 0) is 17.8 Å². The topological polar surface area (TPSA) is 35.2 Å². The van der Waals surface area contributed by atoms with Crippen LogP contribution in [0.25, 0.3) is 0 Å². The summed E-state index contributed by atoms with van der Waals surface area (Å²) < 4.78 is 5.57. The van der Waals surface area contributed by atoms with E-state index in [0.717, 1.165) is 6.42 Å². The van der Waals surface area contributed by atoms with Crippen LogP contribution in [0.4, 0.5) is 0 Å². The Morgan fingerprint density at radius 3 is 3.00 bits per heavy atom. The van der Waals surface area contributed by atoms with Gasteiger partial charge in [0.05, 0.1) is 18.8 Å². The average molecular weight is 191 g/mol. The summed E-state index contributed by atoms with van der Waals surface area (Å²) >= 11 is 0. The minimum absolute atomic E-state index is 0.0326. The third-order valence-electron chi connectivity index (χ3n) is 2.99. The molecule has 0 fully saturated rings. The molecule has 1 aliphatic rings. The fourth-order valence-corrected chi connectivity index (χ4v) is 1.88. The van der Waals surface area contributed by atoms with Crippen molar-refractivity contribution in [3.63, 3.8) is 0 Å². The van der Waals surface area contributed by atoms with Crippen molar-refractivity contribution in [1.29, 1.82) is 0 Å². The lowest BCUT2D eigenvalue weighted by Gasteiger charge is -2.29. The number of aryl methyl sites for hydroxylation is 1. The highest BCUT2D eigenvalue weighted by molar-refractivity contribution is 5.35. The van der Waals surface area contributed by atoms with Crippen LogP contribution in [0.15, 0.2) is 18.2 Å². The van der Waals surface area contributed by atoms with Crippen molar-refractivity contribution in [3.05, 3.63) is 34.9 Å². The van der Waals surface area contributed by atoms with Crippen LogP contribution in [0.1, 0.15) is 36.6 Å². The quantitative estimate of drug-likeness (QED) is 0.738. The molecule has 1 aromatic rings. The number of benzene rings is 1. The molecule has 0 spiro atoms. The van der Waals surface area contributed by atoms with Crippen LogP contribution in [0.5, 0.6) is 0 Å².